The van der Waals surface area contributed by atoms with E-state index in [0.29, 0.717) is 26.1 Å². The maximum Gasteiger partial charge on any atom is 0.253 e. The van der Waals surface area contributed by atoms with Crippen LogP contribution in [0.25, 0.3) is 0 Å². The Kier molecular flexibility index (Phi) is 2.63. The summed E-state index contributed by atoms with van der Waals surface area (Å²) in [6, 6.07) is 0. The van der Waals surface area contributed by atoms with Crippen molar-refractivity contribution in [1.29, 1.82) is 5.26 Å². The fourth-order valence-corrected chi connectivity index (χ4v) is 1.14. The van der Waals surface area contributed by atoms with Crippen molar-refractivity contribution < 1.29 is 9.53 Å². The molecule has 0 unspecified atom stereocenters. The lowest BCUT2D eigenvalue weighted by molar-refractivity contribution is -0.128. The summed E-state index contributed by atoms with van der Waals surface area (Å²) in [5.41, 5.74) is 4.84. The van der Waals surface area contributed by atoms with Gasteiger partial charge in [-0.1, -0.05) is 0 Å². The second-order valence-corrected chi connectivity index (χ2v) is 2.83. The van der Waals surface area contributed by atoms with Crippen molar-refractivity contribution in [3.63, 3.8) is 0 Å². The van der Waals surface area contributed by atoms with Crippen LogP contribution in [0.1, 0.15) is 12.8 Å². The molecule has 5 nitrogen and oxygen atoms in total. The number of hydrogen-bond acceptors (Lipinski definition) is 4. The predicted octanol–water partition coefficient (Wildman–Crippen LogP) is -0.908. The van der Waals surface area contributed by atoms with Crippen LogP contribution in [0.4, 0.5) is 0 Å². The summed E-state index contributed by atoms with van der Waals surface area (Å²) >= 11 is 0. The fourth-order valence-electron chi connectivity index (χ4n) is 1.14. The number of ether oxygens (including phenoxy) is 1. The van der Waals surface area contributed by atoms with Gasteiger partial charge in [0.25, 0.3) is 5.91 Å². The summed E-state index contributed by atoms with van der Waals surface area (Å²) < 4.78 is 5.05. The Balaban J connectivity index is 2.57. The Morgan fingerprint density at radius 3 is 2.67 bits per heavy atom. The van der Waals surface area contributed by atoms with Crippen molar-refractivity contribution in [3.8, 4) is 6.19 Å². The van der Waals surface area contributed by atoms with Crippen molar-refractivity contribution >= 4 is 5.91 Å². The van der Waals surface area contributed by atoms with Crippen LogP contribution >= 0.6 is 0 Å². The van der Waals surface area contributed by atoms with Gasteiger partial charge in [-0.2, -0.15) is 5.26 Å². The van der Waals surface area contributed by atoms with Gasteiger partial charge in [-0.25, -0.2) is 0 Å². The van der Waals surface area contributed by atoms with Crippen molar-refractivity contribution in [2.45, 2.75) is 18.4 Å². The molecular weight excluding hydrogens is 158 g/mol. The molecule has 0 aromatic rings. The second-order valence-electron chi connectivity index (χ2n) is 2.83. The number of nitrogens with two attached hydrogens (primary N) is 1. The maximum atomic E-state index is 11.2. The number of hydrogen-bond donors (Lipinski definition) is 2. The highest BCUT2D eigenvalue weighted by atomic mass is 16.5. The van der Waals surface area contributed by atoms with Crippen LogP contribution < -0.4 is 11.1 Å². The number of amides is 1. The van der Waals surface area contributed by atoms with Crippen LogP contribution in [0.15, 0.2) is 0 Å². The van der Waals surface area contributed by atoms with E-state index in [9.17, 15) is 4.79 Å². The smallest absolute Gasteiger partial charge is 0.253 e. The first kappa shape index (κ1) is 8.97. The van der Waals surface area contributed by atoms with E-state index in [0.717, 1.165) is 0 Å². The quantitative estimate of drug-likeness (QED) is 0.393. The van der Waals surface area contributed by atoms with Gasteiger partial charge < -0.3 is 10.5 Å². The number of nitrogens with zero attached hydrogens (tertiary/aromatic N) is 1. The molecule has 0 radical (unpaired) electrons. The topological polar surface area (TPSA) is 88.1 Å². The zero-order chi connectivity index (χ0) is 9.03. The molecule has 0 atom stereocenters. The van der Waals surface area contributed by atoms with Crippen LogP contribution in [0.5, 0.6) is 0 Å². The summed E-state index contributed by atoms with van der Waals surface area (Å²) in [5, 5.41) is 10.3. The Bertz CT molecular complexity index is 215. The lowest BCUT2D eigenvalue weighted by atomic mass is 9.90. The molecule has 0 spiro atoms. The zero-order valence-corrected chi connectivity index (χ0v) is 6.67. The van der Waals surface area contributed by atoms with Gasteiger partial charge in [0.2, 0.25) is 0 Å². The first-order valence-corrected chi connectivity index (χ1v) is 3.75. The molecule has 1 saturated heterocycles. The monoisotopic (exact) mass is 169 g/mol. The van der Waals surface area contributed by atoms with E-state index in [4.69, 9.17) is 15.7 Å². The Morgan fingerprint density at radius 2 is 2.17 bits per heavy atom. The molecule has 0 aromatic carbocycles. The van der Waals surface area contributed by atoms with Crippen molar-refractivity contribution in [2.75, 3.05) is 13.2 Å². The molecule has 0 bridgehead atoms. The van der Waals surface area contributed by atoms with Gasteiger partial charge in [-0.05, 0) is 12.8 Å². The minimum atomic E-state index is -0.909. The number of carbonyl (C=O) groups is 1. The van der Waals surface area contributed by atoms with Crippen LogP contribution in [0, 0.1) is 11.5 Å². The van der Waals surface area contributed by atoms with Gasteiger partial charge in [0.1, 0.15) is 5.54 Å². The van der Waals surface area contributed by atoms with Gasteiger partial charge in [0, 0.05) is 13.2 Å². The van der Waals surface area contributed by atoms with Crippen LogP contribution in [0.3, 0.4) is 0 Å². The summed E-state index contributed by atoms with van der Waals surface area (Å²) in [6.07, 6.45) is 2.52. The Morgan fingerprint density at radius 1 is 1.58 bits per heavy atom. The molecule has 1 amide bonds. The first-order valence-electron chi connectivity index (χ1n) is 3.75. The van der Waals surface area contributed by atoms with Gasteiger partial charge in [0.15, 0.2) is 6.19 Å². The highest BCUT2D eigenvalue weighted by Crippen LogP contribution is 2.17. The third-order valence-corrected chi connectivity index (χ3v) is 2.01. The minimum Gasteiger partial charge on any atom is -0.381 e. The van der Waals surface area contributed by atoms with E-state index in [2.05, 4.69) is 0 Å². The lowest BCUT2D eigenvalue weighted by Crippen LogP contribution is -2.56. The number of rotatable bonds is 1. The summed E-state index contributed by atoms with van der Waals surface area (Å²) in [6.45, 7) is 0.963. The zero-order valence-electron chi connectivity index (χ0n) is 6.67. The molecule has 5 heteroatoms. The van der Waals surface area contributed by atoms with Crippen LogP contribution in [-0.4, -0.2) is 24.7 Å². The van der Waals surface area contributed by atoms with Gasteiger partial charge in [0.05, 0.1) is 0 Å². The number of nitriles is 1. The molecular formula is C7H11N3O2. The minimum absolute atomic E-state index is 0.409. The molecule has 1 fully saturated rings. The molecule has 1 aliphatic heterocycles. The van der Waals surface area contributed by atoms with Crippen molar-refractivity contribution in [1.82, 2.24) is 5.32 Å². The van der Waals surface area contributed by atoms with E-state index in [1.165, 1.54) is 0 Å². The van der Waals surface area contributed by atoms with Gasteiger partial charge >= 0.3 is 0 Å². The summed E-state index contributed by atoms with van der Waals surface area (Å²) in [5.74, 6) is -0.409. The Labute approximate surface area is 70.5 Å². The lowest BCUT2D eigenvalue weighted by Gasteiger charge is -2.30. The average molecular weight is 169 g/mol. The molecule has 1 rings (SSSR count). The predicted molar refractivity (Wildman–Crippen MR) is 40.7 cm³/mol. The number of carbonyl (C=O) groups excluding carboxylic acids is 1. The molecule has 0 aliphatic carbocycles. The van der Waals surface area contributed by atoms with E-state index in [-0.39, 0.29) is 0 Å². The van der Waals surface area contributed by atoms with Crippen LogP contribution in [-0.2, 0) is 9.53 Å². The standard InChI is InChI=1S/C7H11N3O2/c8-5-10-6(11)7(9)1-3-12-4-2-7/h1-4,9H2,(H,10,11). The summed E-state index contributed by atoms with van der Waals surface area (Å²) in [4.78, 5) is 11.2. The maximum absolute atomic E-state index is 11.2. The fraction of sp³-hybridized carbons (Fsp3) is 0.714. The molecule has 0 aromatic heterocycles. The molecule has 0 saturated carbocycles. The van der Waals surface area contributed by atoms with E-state index >= 15 is 0 Å². The van der Waals surface area contributed by atoms with Gasteiger partial charge in [-0.3, -0.25) is 10.1 Å². The van der Waals surface area contributed by atoms with E-state index in [1.807, 2.05) is 5.32 Å². The van der Waals surface area contributed by atoms with E-state index in [1.54, 1.807) is 6.19 Å². The molecule has 1 aliphatic rings. The third kappa shape index (κ3) is 1.72. The normalized spacial score (nSPS) is 21.0. The molecule has 66 valence electrons. The molecule has 1 heterocycles. The summed E-state index contributed by atoms with van der Waals surface area (Å²) in [7, 11) is 0. The third-order valence-electron chi connectivity index (χ3n) is 2.01. The molecule has 12 heavy (non-hydrogen) atoms. The highest BCUT2D eigenvalue weighted by Gasteiger charge is 2.35. The SMILES string of the molecule is N#CNC(=O)C1(N)CCOCC1. The average Bonchev–Trinajstić information content (AvgIpc) is 2.06. The number of nitrogens with one attached hydrogen (secondary N) is 1. The van der Waals surface area contributed by atoms with Crippen LogP contribution in [0.2, 0.25) is 0 Å². The molecule has 3 N–H and O–H groups in total. The van der Waals surface area contributed by atoms with Crippen molar-refractivity contribution in [2.24, 2.45) is 5.73 Å². The largest absolute Gasteiger partial charge is 0.381 e. The second kappa shape index (κ2) is 3.52. The Hall–Kier alpha value is -1.12. The van der Waals surface area contributed by atoms with Crippen molar-refractivity contribution in [3.05, 3.63) is 0 Å². The highest BCUT2D eigenvalue weighted by molar-refractivity contribution is 5.87. The van der Waals surface area contributed by atoms with Gasteiger partial charge in [-0.15, -0.1) is 0 Å². The first-order chi connectivity index (χ1) is 5.69. The van der Waals surface area contributed by atoms with E-state index < -0.39 is 11.4 Å².